The van der Waals surface area contributed by atoms with Gasteiger partial charge in [0, 0.05) is 5.56 Å². The van der Waals surface area contributed by atoms with E-state index in [-0.39, 0.29) is 12.4 Å². The molecule has 0 unspecified atom stereocenters. The molecule has 0 saturated carbocycles. The van der Waals surface area contributed by atoms with Gasteiger partial charge in [-0.2, -0.15) is 0 Å². The summed E-state index contributed by atoms with van der Waals surface area (Å²) in [6, 6.07) is 7.15. The largest absolute Gasteiger partial charge is 0.469 e. The van der Waals surface area contributed by atoms with Gasteiger partial charge in [0.1, 0.15) is 0 Å². The molecule has 0 spiro atoms. The molecule has 0 atom stereocenters. The number of carbonyl (C=O) groups is 2. The molecule has 3 nitrogen and oxygen atoms in total. The lowest BCUT2D eigenvalue weighted by Gasteiger charge is -2.02. The third kappa shape index (κ3) is 3.28. The van der Waals surface area contributed by atoms with E-state index in [9.17, 15) is 9.59 Å². The number of hydrogen-bond donors (Lipinski definition) is 0. The van der Waals surface area contributed by atoms with Gasteiger partial charge in [0.25, 0.3) is 0 Å². The zero-order chi connectivity index (χ0) is 11.1. The van der Waals surface area contributed by atoms with Gasteiger partial charge in [-0.3, -0.25) is 9.59 Å². The van der Waals surface area contributed by atoms with Gasteiger partial charge >= 0.3 is 5.97 Å². The lowest BCUT2D eigenvalue weighted by molar-refractivity contribution is -0.139. The van der Waals surface area contributed by atoms with Gasteiger partial charge < -0.3 is 4.74 Å². The van der Waals surface area contributed by atoms with E-state index < -0.39 is 0 Å². The SMILES string of the molecule is COC(=O)Cc1ccccc1C#CC=O. The van der Waals surface area contributed by atoms with Crippen molar-refractivity contribution in [2.75, 3.05) is 7.11 Å². The summed E-state index contributed by atoms with van der Waals surface area (Å²) in [4.78, 5) is 21.2. The summed E-state index contributed by atoms with van der Waals surface area (Å²) >= 11 is 0. The summed E-state index contributed by atoms with van der Waals surface area (Å²) in [5, 5.41) is 0. The maximum Gasteiger partial charge on any atom is 0.310 e. The van der Waals surface area contributed by atoms with Crippen molar-refractivity contribution < 1.29 is 14.3 Å². The summed E-state index contributed by atoms with van der Waals surface area (Å²) in [5.74, 6) is 4.66. The Kier molecular flexibility index (Phi) is 4.11. The van der Waals surface area contributed by atoms with Crippen LogP contribution >= 0.6 is 0 Å². The summed E-state index contributed by atoms with van der Waals surface area (Å²) in [6.07, 6.45) is 0.690. The first kappa shape index (κ1) is 11.0. The minimum Gasteiger partial charge on any atom is -0.469 e. The molecule has 0 aliphatic carbocycles. The standard InChI is InChI=1S/C12H10O3/c1-15-12(14)9-11-6-3-2-5-10(11)7-4-8-13/h2-3,5-6,8H,9H2,1H3. The summed E-state index contributed by atoms with van der Waals surface area (Å²) in [7, 11) is 1.34. The molecule has 0 aliphatic heterocycles. The smallest absolute Gasteiger partial charge is 0.310 e. The van der Waals surface area contributed by atoms with Crippen molar-refractivity contribution in [2.24, 2.45) is 0 Å². The zero-order valence-corrected chi connectivity index (χ0v) is 8.32. The Balaban J connectivity index is 2.95. The Hall–Kier alpha value is -2.08. The van der Waals surface area contributed by atoms with Crippen molar-refractivity contribution >= 4 is 12.3 Å². The highest BCUT2D eigenvalue weighted by molar-refractivity contribution is 5.76. The van der Waals surface area contributed by atoms with Crippen LogP contribution in [0.1, 0.15) is 11.1 Å². The van der Waals surface area contributed by atoms with Gasteiger partial charge in [-0.1, -0.05) is 24.1 Å². The molecule has 0 bridgehead atoms. The highest BCUT2D eigenvalue weighted by Crippen LogP contribution is 2.08. The number of methoxy groups -OCH3 is 1. The second kappa shape index (κ2) is 5.61. The molecule has 0 aliphatic rings. The van der Waals surface area contributed by atoms with Crippen LogP contribution in [0.3, 0.4) is 0 Å². The van der Waals surface area contributed by atoms with Gasteiger partial charge in [-0.05, 0) is 17.6 Å². The van der Waals surface area contributed by atoms with Crippen molar-refractivity contribution in [3.8, 4) is 11.8 Å². The van der Waals surface area contributed by atoms with E-state index in [0.717, 1.165) is 5.56 Å². The molecule has 0 amide bonds. The van der Waals surface area contributed by atoms with Crippen LogP contribution in [0.4, 0.5) is 0 Å². The molecule has 3 heteroatoms. The Labute approximate surface area is 88.1 Å². The van der Waals surface area contributed by atoms with Gasteiger partial charge in [0.15, 0.2) is 6.29 Å². The number of benzene rings is 1. The zero-order valence-electron chi connectivity index (χ0n) is 8.32. The number of esters is 1. The molecular formula is C12H10O3. The summed E-state index contributed by atoms with van der Waals surface area (Å²) in [6.45, 7) is 0. The summed E-state index contributed by atoms with van der Waals surface area (Å²) in [5.41, 5.74) is 1.44. The van der Waals surface area contributed by atoms with E-state index in [0.29, 0.717) is 11.8 Å². The quantitative estimate of drug-likeness (QED) is 0.407. The molecule has 1 aromatic rings. The number of carbonyl (C=O) groups excluding carboxylic acids is 2. The van der Waals surface area contributed by atoms with Crippen LogP contribution in [0, 0.1) is 11.8 Å². The first-order valence-corrected chi connectivity index (χ1v) is 4.38. The molecule has 0 heterocycles. The number of ether oxygens (including phenoxy) is 1. The molecule has 76 valence electrons. The normalized spacial score (nSPS) is 8.60. The first-order valence-electron chi connectivity index (χ1n) is 4.38. The van der Waals surface area contributed by atoms with E-state index >= 15 is 0 Å². The van der Waals surface area contributed by atoms with Crippen molar-refractivity contribution in [2.45, 2.75) is 6.42 Å². The third-order valence-corrected chi connectivity index (χ3v) is 1.85. The van der Waals surface area contributed by atoms with Crippen LogP contribution in [0.5, 0.6) is 0 Å². The van der Waals surface area contributed by atoms with Crippen LogP contribution in [0.25, 0.3) is 0 Å². The number of aldehydes is 1. The molecule has 0 N–H and O–H groups in total. The lowest BCUT2D eigenvalue weighted by atomic mass is 10.1. The van der Waals surface area contributed by atoms with Crippen molar-refractivity contribution in [3.05, 3.63) is 35.4 Å². The Bertz CT molecular complexity index is 424. The maximum absolute atomic E-state index is 11.1. The average molecular weight is 202 g/mol. The molecule has 0 fully saturated rings. The van der Waals surface area contributed by atoms with Gasteiger partial charge in [0.05, 0.1) is 13.5 Å². The molecule has 1 rings (SSSR count). The molecule has 15 heavy (non-hydrogen) atoms. The van der Waals surface area contributed by atoms with E-state index in [2.05, 4.69) is 16.6 Å². The number of rotatable bonds is 2. The van der Waals surface area contributed by atoms with Crippen molar-refractivity contribution in [3.63, 3.8) is 0 Å². The lowest BCUT2D eigenvalue weighted by Crippen LogP contribution is -2.05. The monoisotopic (exact) mass is 202 g/mol. The first-order chi connectivity index (χ1) is 7.27. The van der Waals surface area contributed by atoms with Gasteiger partial charge in [-0.15, -0.1) is 0 Å². The van der Waals surface area contributed by atoms with E-state index in [1.807, 2.05) is 6.07 Å². The molecular weight excluding hydrogens is 192 g/mol. The second-order valence-electron chi connectivity index (χ2n) is 2.80. The van der Waals surface area contributed by atoms with E-state index in [4.69, 9.17) is 0 Å². The van der Waals surface area contributed by atoms with Crippen molar-refractivity contribution in [1.29, 1.82) is 0 Å². The average Bonchev–Trinajstić information content (AvgIpc) is 2.28. The second-order valence-corrected chi connectivity index (χ2v) is 2.80. The highest BCUT2D eigenvalue weighted by atomic mass is 16.5. The fraction of sp³-hybridized carbons (Fsp3) is 0.167. The van der Waals surface area contributed by atoms with Crippen molar-refractivity contribution in [1.82, 2.24) is 0 Å². The van der Waals surface area contributed by atoms with E-state index in [1.54, 1.807) is 18.2 Å². The predicted octanol–water partition coefficient (Wildman–Crippen LogP) is 0.952. The molecule has 0 saturated heterocycles. The molecule has 0 aromatic heterocycles. The maximum atomic E-state index is 11.1. The molecule has 1 aromatic carbocycles. The van der Waals surface area contributed by atoms with Crippen LogP contribution in [0.15, 0.2) is 24.3 Å². The van der Waals surface area contributed by atoms with Gasteiger partial charge in [-0.25, -0.2) is 0 Å². The highest BCUT2D eigenvalue weighted by Gasteiger charge is 2.05. The minimum atomic E-state index is -0.324. The predicted molar refractivity (Wildman–Crippen MR) is 55.1 cm³/mol. The van der Waals surface area contributed by atoms with Crippen LogP contribution < -0.4 is 0 Å². The number of hydrogen-bond acceptors (Lipinski definition) is 3. The Morgan fingerprint density at radius 2 is 2.20 bits per heavy atom. The van der Waals surface area contributed by atoms with Crippen LogP contribution in [0.2, 0.25) is 0 Å². The summed E-state index contributed by atoms with van der Waals surface area (Å²) < 4.78 is 4.56. The fourth-order valence-electron chi connectivity index (χ4n) is 1.13. The van der Waals surface area contributed by atoms with Gasteiger partial charge in [0.2, 0.25) is 0 Å². The minimum absolute atomic E-state index is 0.167. The van der Waals surface area contributed by atoms with E-state index in [1.165, 1.54) is 7.11 Å². The Morgan fingerprint density at radius 3 is 2.87 bits per heavy atom. The van der Waals surface area contributed by atoms with Crippen LogP contribution in [-0.4, -0.2) is 19.4 Å². The third-order valence-electron chi connectivity index (χ3n) is 1.85. The topological polar surface area (TPSA) is 43.4 Å². The Morgan fingerprint density at radius 1 is 1.47 bits per heavy atom. The fourth-order valence-corrected chi connectivity index (χ4v) is 1.13. The molecule has 0 radical (unpaired) electrons. The van der Waals surface area contributed by atoms with Crippen LogP contribution in [-0.2, 0) is 20.7 Å².